The zero-order chi connectivity index (χ0) is 14.7. The van der Waals surface area contributed by atoms with Gasteiger partial charge in [0, 0.05) is 25.0 Å². The first kappa shape index (κ1) is 14.0. The number of nitrogens with zero attached hydrogens (tertiary/aromatic N) is 2. The Morgan fingerprint density at radius 3 is 2.52 bits per heavy atom. The van der Waals surface area contributed by atoms with Crippen LogP contribution in [0.15, 0.2) is 48.5 Å². The van der Waals surface area contributed by atoms with Gasteiger partial charge < -0.3 is 10.6 Å². The lowest BCUT2D eigenvalue weighted by atomic mass is 10.1. The van der Waals surface area contributed by atoms with Gasteiger partial charge in [-0.2, -0.15) is 4.37 Å². The minimum atomic E-state index is 0.581. The Bertz CT molecular complexity index is 735. The second-order valence-electron chi connectivity index (χ2n) is 4.99. The van der Waals surface area contributed by atoms with Gasteiger partial charge in [0.1, 0.15) is 5.00 Å². The average Bonchev–Trinajstić information content (AvgIpc) is 2.97. The lowest BCUT2D eigenvalue weighted by Crippen LogP contribution is -2.22. The lowest BCUT2D eigenvalue weighted by Gasteiger charge is -2.22. The molecule has 0 saturated carbocycles. The number of anilines is 1. The zero-order valence-electron chi connectivity index (χ0n) is 12.1. The lowest BCUT2D eigenvalue weighted by molar-refractivity contribution is 0.830. The summed E-state index contributed by atoms with van der Waals surface area (Å²) < 4.78 is 4.55. The highest BCUT2D eigenvalue weighted by atomic mass is 32.1. The van der Waals surface area contributed by atoms with Crippen molar-refractivity contribution in [3.63, 3.8) is 0 Å². The highest BCUT2D eigenvalue weighted by Crippen LogP contribution is 2.32. The largest absolute Gasteiger partial charge is 0.358 e. The molecule has 0 unspecified atom stereocenters. The number of hydrogen-bond acceptors (Lipinski definition) is 4. The molecule has 108 valence electrons. The molecule has 3 nitrogen and oxygen atoms in total. The summed E-state index contributed by atoms with van der Waals surface area (Å²) in [6.07, 6.45) is 0. The third kappa shape index (κ3) is 2.77. The fraction of sp³-hybridized carbons (Fsp3) is 0.235. The molecule has 0 amide bonds. The molecule has 0 atom stereocenters. The molecule has 2 aromatic carbocycles. The molecule has 3 aromatic rings. The van der Waals surface area contributed by atoms with E-state index in [-0.39, 0.29) is 0 Å². The van der Waals surface area contributed by atoms with Crippen molar-refractivity contribution in [2.75, 3.05) is 11.4 Å². The van der Waals surface area contributed by atoms with E-state index in [2.05, 4.69) is 52.6 Å². The zero-order valence-corrected chi connectivity index (χ0v) is 12.9. The van der Waals surface area contributed by atoms with Crippen molar-refractivity contribution in [2.45, 2.75) is 20.0 Å². The van der Waals surface area contributed by atoms with Crippen LogP contribution in [0.5, 0.6) is 0 Å². The molecule has 0 radical (unpaired) electrons. The second kappa shape index (κ2) is 6.24. The van der Waals surface area contributed by atoms with Crippen LogP contribution in [0.3, 0.4) is 0 Å². The molecule has 3 rings (SSSR count). The summed E-state index contributed by atoms with van der Waals surface area (Å²) in [5.74, 6) is 0. The van der Waals surface area contributed by atoms with Gasteiger partial charge in [-0.1, -0.05) is 36.4 Å². The Kier molecular flexibility index (Phi) is 4.18. The van der Waals surface area contributed by atoms with Gasteiger partial charge in [-0.25, -0.2) is 0 Å². The smallest absolute Gasteiger partial charge is 0.120 e. The topological polar surface area (TPSA) is 42.1 Å². The first-order valence-corrected chi connectivity index (χ1v) is 7.97. The minimum absolute atomic E-state index is 0.581. The molecule has 0 fully saturated rings. The monoisotopic (exact) mass is 297 g/mol. The molecule has 21 heavy (non-hydrogen) atoms. The number of nitrogens with two attached hydrogens (primary N) is 1. The molecular formula is C17H19N3S. The second-order valence-corrected chi connectivity index (χ2v) is 5.74. The summed E-state index contributed by atoms with van der Waals surface area (Å²) in [5.41, 5.74) is 9.42. The highest BCUT2D eigenvalue weighted by Gasteiger charge is 2.13. The van der Waals surface area contributed by atoms with Crippen molar-refractivity contribution in [2.24, 2.45) is 5.73 Å². The van der Waals surface area contributed by atoms with Crippen LogP contribution >= 0.6 is 11.5 Å². The van der Waals surface area contributed by atoms with Crippen molar-refractivity contribution in [3.8, 4) is 0 Å². The predicted molar refractivity (Wildman–Crippen MR) is 90.7 cm³/mol. The molecule has 4 heteroatoms. The van der Waals surface area contributed by atoms with Gasteiger partial charge in [0.25, 0.3) is 0 Å². The summed E-state index contributed by atoms with van der Waals surface area (Å²) in [7, 11) is 0. The minimum Gasteiger partial charge on any atom is -0.358 e. The van der Waals surface area contributed by atoms with Gasteiger partial charge >= 0.3 is 0 Å². The average molecular weight is 297 g/mol. The van der Waals surface area contributed by atoms with Crippen LogP contribution in [-0.4, -0.2) is 10.9 Å². The molecule has 0 aliphatic carbocycles. The van der Waals surface area contributed by atoms with E-state index in [1.54, 1.807) is 11.5 Å². The Morgan fingerprint density at radius 2 is 1.76 bits per heavy atom. The van der Waals surface area contributed by atoms with Gasteiger partial charge in [0.15, 0.2) is 0 Å². The number of aromatic nitrogens is 1. The first-order chi connectivity index (χ1) is 10.3. The third-order valence-electron chi connectivity index (χ3n) is 3.73. The van der Waals surface area contributed by atoms with E-state index in [0.29, 0.717) is 6.54 Å². The molecule has 1 heterocycles. The van der Waals surface area contributed by atoms with Crippen molar-refractivity contribution in [1.29, 1.82) is 0 Å². The van der Waals surface area contributed by atoms with Crippen LogP contribution in [-0.2, 0) is 13.1 Å². The van der Waals surface area contributed by atoms with Crippen molar-refractivity contribution >= 4 is 27.4 Å². The molecule has 0 bridgehead atoms. The summed E-state index contributed by atoms with van der Waals surface area (Å²) in [6.45, 7) is 4.58. The van der Waals surface area contributed by atoms with E-state index in [4.69, 9.17) is 5.73 Å². The predicted octanol–water partition coefficient (Wildman–Crippen LogP) is 3.78. The van der Waals surface area contributed by atoms with Crippen molar-refractivity contribution in [3.05, 3.63) is 59.7 Å². The number of hydrogen-bond donors (Lipinski definition) is 1. The highest BCUT2D eigenvalue weighted by molar-refractivity contribution is 7.11. The van der Waals surface area contributed by atoms with Crippen molar-refractivity contribution in [1.82, 2.24) is 4.37 Å². The summed E-state index contributed by atoms with van der Waals surface area (Å²) in [5, 5.41) is 2.47. The molecule has 0 saturated heterocycles. The normalized spacial score (nSPS) is 11.0. The molecule has 0 spiro atoms. The van der Waals surface area contributed by atoms with Crippen LogP contribution < -0.4 is 10.6 Å². The van der Waals surface area contributed by atoms with Crippen LogP contribution in [0.4, 0.5) is 5.00 Å². The SMILES string of the molecule is CCN(Cc1ccccc1CN)c1snc2ccccc12. The molecule has 0 aliphatic rings. The Balaban J connectivity index is 1.95. The summed E-state index contributed by atoms with van der Waals surface area (Å²) >= 11 is 1.57. The van der Waals surface area contributed by atoms with E-state index in [1.165, 1.54) is 21.5 Å². The Morgan fingerprint density at radius 1 is 1.05 bits per heavy atom. The number of benzene rings is 2. The van der Waals surface area contributed by atoms with E-state index in [9.17, 15) is 0 Å². The summed E-state index contributed by atoms with van der Waals surface area (Å²) in [4.78, 5) is 2.37. The van der Waals surface area contributed by atoms with Gasteiger partial charge in [-0.3, -0.25) is 0 Å². The van der Waals surface area contributed by atoms with Gasteiger partial charge in [0.05, 0.1) is 5.52 Å². The Labute approximate surface area is 129 Å². The van der Waals surface area contributed by atoms with E-state index >= 15 is 0 Å². The Hall–Kier alpha value is -1.91. The van der Waals surface area contributed by atoms with Crippen molar-refractivity contribution < 1.29 is 0 Å². The van der Waals surface area contributed by atoms with Crippen LogP contribution in [0.25, 0.3) is 10.9 Å². The molecule has 2 N–H and O–H groups in total. The van der Waals surface area contributed by atoms with E-state index in [1.807, 2.05) is 12.1 Å². The fourth-order valence-corrected chi connectivity index (χ4v) is 3.47. The van der Waals surface area contributed by atoms with Crippen LogP contribution in [0.1, 0.15) is 18.1 Å². The van der Waals surface area contributed by atoms with Gasteiger partial charge in [0.2, 0.25) is 0 Å². The molecule has 1 aromatic heterocycles. The first-order valence-electron chi connectivity index (χ1n) is 7.19. The standard InChI is InChI=1S/C17H19N3S/c1-2-20(12-14-8-4-3-7-13(14)11-18)17-15-9-5-6-10-16(15)19-21-17/h3-10H,2,11-12,18H2,1H3. The van der Waals surface area contributed by atoms with Crippen LogP contribution in [0, 0.1) is 0 Å². The van der Waals surface area contributed by atoms with E-state index < -0.39 is 0 Å². The van der Waals surface area contributed by atoms with Gasteiger partial charge in [-0.05, 0) is 41.7 Å². The number of fused-ring (bicyclic) bond motifs is 1. The fourth-order valence-electron chi connectivity index (χ4n) is 2.55. The maximum absolute atomic E-state index is 5.85. The maximum Gasteiger partial charge on any atom is 0.120 e. The third-order valence-corrected chi connectivity index (χ3v) is 4.67. The molecule has 0 aliphatic heterocycles. The van der Waals surface area contributed by atoms with Gasteiger partial charge in [-0.15, -0.1) is 0 Å². The molecular weight excluding hydrogens is 278 g/mol. The maximum atomic E-state index is 5.85. The summed E-state index contributed by atoms with van der Waals surface area (Å²) in [6, 6.07) is 16.7. The quantitative estimate of drug-likeness (QED) is 0.779. The number of rotatable bonds is 5. The van der Waals surface area contributed by atoms with Crippen LogP contribution in [0.2, 0.25) is 0 Å². The van der Waals surface area contributed by atoms with E-state index in [0.717, 1.165) is 18.6 Å².